The van der Waals surface area contributed by atoms with Crippen molar-refractivity contribution in [3.05, 3.63) is 41.5 Å². The van der Waals surface area contributed by atoms with Gasteiger partial charge in [-0.2, -0.15) is 5.10 Å². The minimum absolute atomic E-state index is 0.000928. The Labute approximate surface area is 239 Å². The molecule has 6 rings (SSSR count). The number of pyridine rings is 1. The van der Waals surface area contributed by atoms with E-state index in [1.807, 2.05) is 38.5 Å². The molecule has 2 aliphatic rings. The summed E-state index contributed by atoms with van der Waals surface area (Å²) in [6.45, 7) is 6.43. The molecule has 1 unspecified atom stereocenters. The fourth-order valence-corrected chi connectivity index (χ4v) is 6.46. The number of hydrogen-bond acceptors (Lipinski definition) is 8. The van der Waals surface area contributed by atoms with Crippen molar-refractivity contribution in [1.29, 1.82) is 0 Å². The number of benzene rings is 1. The largest absolute Gasteiger partial charge is 0.358 e. The number of imidazole rings is 1. The first-order valence-corrected chi connectivity index (χ1v) is 15.8. The van der Waals surface area contributed by atoms with Gasteiger partial charge in [-0.1, -0.05) is 6.07 Å². The van der Waals surface area contributed by atoms with E-state index in [0.717, 1.165) is 60.4 Å². The Morgan fingerprint density at radius 1 is 1.05 bits per heavy atom. The molecule has 1 saturated carbocycles. The van der Waals surface area contributed by atoms with E-state index >= 15 is 0 Å². The predicted octanol–water partition coefficient (Wildman–Crippen LogP) is 4.95. The summed E-state index contributed by atoms with van der Waals surface area (Å²) in [6, 6.07) is 7.06. The van der Waals surface area contributed by atoms with Gasteiger partial charge in [-0.25, -0.2) is 18.4 Å². The topological polar surface area (TPSA) is 133 Å². The number of rotatable bonds is 7. The number of hydrogen-bond donors (Lipinski definition) is 2. The third-order valence-corrected chi connectivity index (χ3v) is 9.05. The number of nitrogens with zero attached hydrogens (tertiary/aromatic N) is 5. The molecule has 3 aromatic heterocycles. The molecule has 0 bridgehead atoms. The molecule has 1 aromatic carbocycles. The second-order valence-electron chi connectivity index (χ2n) is 11.1. The van der Waals surface area contributed by atoms with Crippen LogP contribution >= 0.6 is 0 Å². The molecular weight excluding hydrogens is 542 g/mol. The maximum atomic E-state index is 13.1. The Bertz CT molecular complexity index is 1780. The molecule has 4 aromatic rings. The summed E-state index contributed by atoms with van der Waals surface area (Å²) in [6.07, 6.45) is 5.60. The van der Waals surface area contributed by atoms with Crippen LogP contribution < -0.4 is 10.6 Å². The summed E-state index contributed by atoms with van der Waals surface area (Å²) in [5, 5.41) is 10.8. The van der Waals surface area contributed by atoms with Crippen molar-refractivity contribution >= 4 is 44.1 Å². The molecule has 1 saturated heterocycles. The van der Waals surface area contributed by atoms with Crippen molar-refractivity contribution < 1.29 is 17.9 Å². The number of nitrogens with one attached hydrogen (secondary N) is 2. The van der Waals surface area contributed by atoms with Crippen molar-refractivity contribution in [3.63, 3.8) is 0 Å². The highest BCUT2D eigenvalue weighted by Crippen LogP contribution is 2.37. The molecule has 2 fully saturated rings. The molecule has 11 nitrogen and oxygen atoms in total. The molecule has 4 heterocycles. The Morgan fingerprint density at radius 2 is 1.83 bits per heavy atom. The van der Waals surface area contributed by atoms with Crippen LogP contribution in [0.4, 0.5) is 17.2 Å². The van der Waals surface area contributed by atoms with E-state index in [9.17, 15) is 13.2 Å². The molecule has 0 radical (unpaired) electrons. The second-order valence-corrected chi connectivity index (χ2v) is 13.1. The first-order chi connectivity index (χ1) is 19.5. The lowest BCUT2D eigenvalue weighted by atomic mass is 10.0. The van der Waals surface area contributed by atoms with Gasteiger partial charge in [0.05, 0.1) is 22.0 Å². The van der Waals surface area contributed by atoms with Gasteiger partial charge in [0.1, 0.15) is 23.4 Å². The first kappa shape index (κ1) is 27.4. The van der Waals surface area contributed by atoms with E-state index in [1.54, 1.807) is 22.9 Å². The van der Waals surface area contributed by atoms with Crippen molar-refractivity contribution in [1.82, 2.24) is 24.3 Å². The molecule has 216 valence electrons. The van der Waals surface area contributed by atoms with Crippen molar-refractivity contribution in [2.75, 3.05) is 23.5 Å². The number of ether oxygens (including phenoxy) is 1. The van der Waals surface area contributed by atoms with E-state index in [0.29, 0.717) is 35.0 Å². The summed E-state index contributed by atoms with van der Waals surface area (Å²) in [5.41, 5.74) is 5.54. The Balaban J connectivity index is 1.47. The van der Waals surface area contributed by atoms with Gasteiger partial charge in [0.2, 0.25) is 5.91 Å². The summed E-state index contributed by atoms with van der Waals surface area (Å²) in [4.78, 5) is 22.4. The highest BCUT2D eigenvalue weighted by atomic mass is 32.2. The third-order valence-electron chi connectivity index (χ3n) is 7.92. The minimum Gasteiger partial charge on any atom is -0.358 e. The van der Waals surface area contributed by atoms with Gasteiger partial charge < -0.3 is 15.4 Å². The van der Waals surface area contributed by atoms with Gasteiger partial charge >= 0.3 is 0 Å². The highest BCUT2D eigenvalue weighted by molar-refractivity contribution is 7.90. The zero-order valence-electron chi connectivity index (χ0n) is 24.0. The van der Waals surface area contributed by atoms with Crippen LogP contribution in [0.5, 0.6) is 0 Å². The zero-order chi connectivity index (χ0) is 29.1. The number of amides is 1. The average molecular weight is 578 g/mol. The second kappa shape index (κ2) is 10.3. The van der Waals surface area contributed by atoms with Crippen molar-refractivity contribution in [3.8, 4) is 11.1 Å². The molecule has 2 N–H and O–H groups in total. The quantitative estimate of drug-likeness (QED) is 0.315. The first-order valence-electron chi connectivity index (χ1n) is 13.9. The molecule has 1 aliphatic carbocycles. The van der Waals surface area contributed by atoms with Gasteiger partial charge in [-0.3, -0.25) is 14.0 Å². The number of aryl methyl sites for hydroxylation is 3. The SMILES string of the molecule is Cc1nn(C)c(C)c1-c1ccc(Nc2cc(NC(=O)C3CC3)nc3c2nc(C)n3C2CCCCO2)c(S(C)(=O)=O)c1. The average Bonchev–Trinajstić information content (AvgIpc) is 3.67. The number of carbonyl (C=O) groups excluding carboxylic acids is 1. The lowest BCUT2D eigenvalue weighted by Gasteiger charge is -2.25. The van der Waals surface area contributed by atoms with Crippen molar-refractivity contribution in [2.45, 2.75) is 64.0 Å². The summed E-state index contributed by atoms with van der Waals surface area (Å²) >= 11 is 0. The molecule has 41 heavy (non-hydrogen) atoms. The monoisotopic (exact) mass is 577 g/mol. The lowest BCUT2D eigenvalue weighted by molar-refractivity contribution is -0.117. The van der Waals surface area contributed by atoms with E-state index < -0.39 is 9.84 Å². The number of fused-ring (bicyclic) bond motifs is 1. The van der Waals surface area contributed by atoms with Crippen LogP contribution in [0.2, 0.25) is 0 Å². The maximum Gasteiger partial charge on any atom is 0.228 e. The van der Waals surface area contributed by atoms with Crippen LogP contribution in [0, 0.1) is 26.7 Å². The van der Waals surface area contributed by atoms with Crippen molar-refractivity contribution in [2.24, 2.45) is 13.0 Å². The molecule has 1 aliphatic heterocycles. The maximum absolute atomic E-state index is 13.1. The molecule has 0 spiro atoms. The predicted molar refractivity (Wildman–Crippen MR) is 157 cm³/mol. The fraction of sp³-hybridized carbons (Fsp3) is 0.448. The van der Waals surface area contributed by atoms with Gasteiger partial charge in [0.25, 0.3) is 0 Å². The number of sulfone groups is 1. The van der Waals surface area contributed by atoms with Crippen LogP contribution in [-0.2, 0) is 26.4 Å². The van der Waals surface area contributed by atoms with E-state index in [2.05, 4.69) is 15.7 Å². The van der Waals surface area contributed by atoms with Gasteiger partial charge in [-0.15, -0.1) is 0 Å². The number of carbonyl (C=O) groups is 1. The molecular formula is C29H35N7O4S. The summed E-state index contributed by atoms with van der Waals surface area (Å²) in [5.74, 6) is 1.05. The van der Waals surface area contributed by atoms with Crippen LogP contribution in [0.1, 0.15) is 55.5 Å². The highest BCUT2D eigenvalue weighted by Gasteiger charge is 2.31. The standard InChI is InChI=1S/C29H35N7O4S/c1-16-26(17(2)35(4)34-16)20-11-12-21(23(14-20)41(5,38)39)31-22-15-24(33-29(37)19-9-10-19)32-28-27(22)30-18(3)36(28)25-8-6-7-13-40-25/h11-12,14-15,19,25H,6-10,13H2,1-5H3,(H2,31,32,33,37). The Hall–Kier alpha value is -3.77. The van der Waals surface area contributed by atoms with Crippen LogP contribution in [0.15, 0.2) is 29.2 Å². The van der Waals surface area contributed by atoms with E-state index in [1.165, 1.54) is 6.26 Å². The van der Waals surface area contributed by atoms with Gasteiger partial charge in [0.15, 0.2) is 15.5 Å². The van der Waals surface area contributed by atoms with Gasteiger partial charge in [0, 0.05) is 43.2 Å². The lowest BCUT2D eigenvalue weighted by Crippen LogP contribution is -2.20. The number of aromatic nitrogens is 5. The summed E-state index contributed by atoms with van der Waals surface area (Å²) in [7, 11) is -1.76. The van der Waals surface area contributed by atoms with Gasteiger partial charge in [-0.05, 0) is 70.6 Å². The normalized spacial score (nSPS) is 17.6. The number of anilines is 3. The Kier molecular flexibility index (Phi) is 6.85. The summed E-state index contributed by atoms with van der Waals surface area (Å²) < 4.78 is 35.9. The molecule has 12 heteroatoms. The van der Waals surface area contributed by atoms with E-state index in [-0.39, 0.29) is 22.9 Å². The Morgan fingerprint density at radius 3 is 2.46 bits per heavy atom. The smallest absolute Gasteiger partial charge is 0.228 e. The van der Waals surface area contributed by atoms with Crippen LogP contribution in [0.25, 0.3) is 22.3 Å². The fourth-order valence-electron chi connectivity index (χ4n) is 5.60. The minimum atomic E-state index is -3.63. The van der Waals surface area contributed by atoms with Crippen LogP contribution in [0.3, 0.4) is 0 Å². The zero-order valence-corrected chi connectivity index (χ0v) is 24.8. The molecule has 1 amide bonds. The molecule has 1 atom stereocenters. The van der Waals surface area contributed by atoms with Crippen LogP contribution in [-0.4, -0.2) is 51.5 Å². The third kappa shape index (κ3) is 5.21. The van der Waals surface area contributed by atoms with E-state index in [4.69, 9.17) is 14.7 Å².